The first-order valence-corrected chi connectivity index (χ1v) is 6.86. The number of nitrogens with one attached hydrogen (secondary N) is 2. The zero-order valence-electron chi connectivity index (χ0n) is 12.1. The number of hydrogen-bond acceptors (Lipinski definition) is 2. The van der Waals surface area contributed by atoms with Gasteiger partial charge in [-0.2, -0.15) is 0 Å². The van der Waals surface area contributed by atoms with Crippen molar-refractivity contribution in [3.8, 4) is 11.1 Å². The molecule has 3 rings (SSSR count). The number of benzene rings is 2. The van der Waals surface area contributed by atoms with Gasteiger partial charge in [-0.1, -0.05) is 54.6 Å². The van der Waals surface area contributed by atoms with E-state index in [0.717, 1.165) is 16.7 Å². The van der Waals surface area contributed by atoms with Crippen LogP contribution in [0.2, 0.25) is 0 Å². The van der Waals surface area contributed by atoms with E-state index in [1.807, 2.05) is 49.4 Å². The SMILES string of the molecule is CN=C1NC(=O)C(C)(c2ccc(-c3ccccc3)cc2)N1. The Morgan fingerprint density at radius 1 is 0.952 bits per heavy atom. The zero-order chi connectivity index (χ0) is 14.9. The van der Waals surface area contributed by atoms with Gasteiger partial charge in [0, 0.05) is 7.05 Å². The molecule has 0 saturated carbocycles. The van der Waals surface area contributed by atoms with Crippen LogP contribution in [-0.2, 0) is 10.3 Å². The summed E-state index contributed by atoms with van der Waals surface area (Å²) in [5.74, 6) is 0.421. The number of hydrogen-bond donors (Lipinski definition) is 2. The van der Waals surface area contributed by atoms with Crippen molar-refractivity contribution in [1.29, 1.82) is 0 Å². The third-order valence-electron chi connectivity index (χ3n) is 3.85. The number of nitrogens with zero attached hydrogens (tertiary/aromatic N) is 1. The number of carbonyl (C=O) groups is 1. The largest absolute Gasteiger partial charge is 0.338 e. The summed E-state index contributed by atoms with van der Waals surface area (Å²) >= 11 is 0. The standard InChI is InChI=1S/C17H17N3O/c1-17(15(21)19-16(18-2)20-17)14-10-8-13(9-11-14)12-6-4-3-5-7-12/h3-11H,1-2H3,(H2,18,19,20,21). The number of carbonyl (C=O) groups excluding carboxylic acids is 1. The molecule has 1 aliphatic rings. The first-order chi connectivity index (χ1) is 10.1. The molecule has 1 heterocycles. The quantitative estimate of drug-likeness (QED) is 0.886. The highest BCUT2D eigenvalue weighted by Gasteiger charge is 2.42. The van der Waals surface area contributed by atoms with E-state index in [1.165, 1.54) is 0 Å². The van der Waals surface area contributed by atoms with Gasteiger partial charge in [-0.15, -0.1) is 0 Å². The number of guanidine groups is 1. The van der Waals surface area contributed by atoms with Gasteiger partial charge in [-0.25, -0.2) is 0 Å². The Morgan fingerprint density at radius 3 is 2.14 bits per heavy atom. The molecule has 4 nitrogen and oxygen atoms in total. The van der Waals surface area contributed by atoms with Gasteiger partial charge in [0.05, 0.1) is 0 Å². The average Bonchev–Trinajstić information content (AvgIpc) is 2.84. The second-order valence-electron chi connectivity index (χ2n) is 5.22. The van der Waals surface area contributed by atoms with Crippen LogP contribution in [0.25, 0.3) is 11.1 Å². The molecule has 0 radical (unpaired) electrons. The minimum atomic E-state index is -0.774. The van der Waals surface area contributed by atoms with Gasteiger partial charge in [0.25, 0.3) is 5.91 Å². The number of rotatable bonds is 2. The molecule has 2 aromatic carbocycles. The maximum atomic E-state index is 12.2. The van der Waals surface area contributed by atoms with Gasteiger partial charge in [-0.3, -0.25) is 15.1 Å². The average molecular weight is 279 g/mol. The highest BCUT2D eigenvalue weighted by molar-refractivity contribution is 6.09. The maximum absolute atomic E-state index is 12.2. The molecule has 2 aromatic rings. The summed E-state index contributed by atoms with van der Waals surface area (Å²) in [6, 6.07) is 18.2. The summed E-state index contributed by atoms with van der Waals surface area (Å²) < 4.78 is 0. The first-order valence-electron chi connectivity index (χ1n) is 6.86. The summed E-state index contributed by atoms with van der Waals surface area (Å²) in [6.07, 6.45) is 0. The first kappa shape index (κ1) is 13.4. The summed E-state index contributed by atoms with van der Waals surface area (Å²) in [7, 11) is 1.65. The third kappa shape index (κ3) is 2.29. The van der Waals surface area contributed by atoms with E-state index in [-0.39, 0.29) is 5.91 Å². The van der Waals surface area contributed by atoms with E-state index >= 15 is 0 Å². The molecule has 1 fully saturated rings. The van der Waals surface area contributed by atoms with Crippen molar-refractivity contribution < 1.29 is 4.79 Å². The Hall–Kier alpha value is -2.62. The summed E-state index contributed by atoms with van der Waals surface area (Å²) in [5.41, 5.74) is 2.43. The molecule has 1 atom stereocenters. The highest BCUT2D eigenvalue weighted by atomic mass is 16.2. The van der Waals surface area contributed by atoms with Crippen LogP contribution < -0.4 is 10.6 Å². The predicted octanol–water partition coefficient (Wildman–Crippen LogP) is 2.27. The molecule has 1 saturated heterocycles. The molecule has 106 valence electrons. The normalized spacial score (nSPS) is 23.0. The fourth-order valence-corrected chi connectivity index (χ4v) is 2.50. The molecule has 0 bridgehead atoms. The summed E-state index contributed by atoms with van der Waals surface area (Å²) in [6.45, 7) is 1.86. The summed E-state index contributed by atoms with van der Waals surface area (Å²) in [4.78, 5) is 16.2. The molecule has 4 heteroatoms. The number of aliphatic imine (C=N–C) groups is 1. The van der Waals surface area contributed by atoms with Gasteiger partial charge in [0.15, 0.2) is 5.96 Å². The second kappa shape index (κ2) is 5.05. The van der Waals surface area contributed by atoms with Crippen LogP contribution in [0.1, 0.15) is 12.5 Å². The summed E-state index contributed by atoms with van der Waals surface area (Å²) in [5, 5.41) is 5.87. The molecule has 0 aromatic heterocycles. The molecule has 0 spiro atoms. The molecule has 1 aliphatic heterocycles. The van der Waals surface area contributed by atoms with Crippen molar-refractivity contribution in [3.05, 3.63) is 60.2 Å². The minimum absolute atomic E-state index is 0.0874. The minimum Gasteiger partial charge on any atom is -0.338 e. The molecule has 1 amide bonds. The van der Waals surface area contributed by atoms with Crippen molar-refractivity contribution in [2.24, 2.45) is 4.99 Å². The molecule has 21 heavy (non-hydrogen) atoms. The van der Waals surface area contributed by atoms with Crippen molar-refractivity contribution in [1.82, 2.24) is 10.6 Å². The van der Waals surface area contributed by atoms with E-state index in [2.05, 4.69) is 27.8 Å². The lowest BCUT2D eigenvalue weighted by molar-refractivity contribution is -0.123. The van der Waals surface area contributed by atoms with Crippen LogP contribution in [0, 0.1) is 0 Å². The molecule has 1 unspecified atom stereocenters. The monoisotopic (exact) mass is 279 g/mol. The van der Waals surface area contributed by atoms with Crippen LogP contribution in [-0.4, -0.2) is 18.9 Å². The van der Waals surface area contributed by atoms with Gasteiger partial charge < -0.3 is 5.32 Å². The Bertz CT molecular complexity index is 692. The fourth-order valence-electron chi connectivity index (χ4n) is 2.50. The predicted molar refractivity (Wildman–Crippen MR) is 83.9 cm³/mol. The van der Waals surface area contributed by atoms with Gasteiger partial charge in [0.1, 0.15) is 5.54 Å². The Balaban J connectivity index is 1.93. The maximum Gasteiger partial charge on any atom is 0.256 e. The van der Waals surface area contributed by atoms with E-state index in [0.29, 0.717) is 5.96 Å². The number of amides is 1. The van der Waals surface area contributed by atoms with Crippen LogP contribution in [0.4, 0.5) is 0 Å². The lowest BCUT2D eigenvalue weighted by Crippen LogP contribution is -2.40. The fraction of sp³-hybridized carbons (Fsp3) is 0.176. The lowest BCUT2D eigenvalue weighted by Gasteiger charge is -2.21. The Labute approximate surface area is 123 Å². The Morgan fingerprint density at radius 2 is 1.57 bits per heavy atom. The van der Waals surface area contributed by atoms with Crippen LogP contribution >= 0.6 is 0 Å². The van der Waals surface area contributed by atoms with E-state index < -0.39 is 5.54 Å². The van der Waals surface area contributed by atoms with Crippen LogP contribution in [0.3, 0.4) is 0 Å². The van der Waals surface area contributed by atoms with Gasteiger partial charge >= 0.3 is 0 Å². The van der Waals surface area contributed by atoms with Crippen molar-refractivity contribution >= 4 is 11.9 Å². The van der Waals surface area contributed by atoms with E-state index in [1.54, 1.807) is 7.05 Å². The molecule has 2 N–H and O–H groups in total. The van der Waals surface area contributed by atoms with Crippen LogP contribution in [0.5, 0.6) is 0 Å². The molecular weight excluding hydrogens is 262 g/mol. The lowest BCUT2D eigenvalue weighted by atomic mass is 9.91. The van der Waals surface area contributed by atoms with Crippen molar-refractivity contribution in [2.45, 2.75) is 12.5 Å². The van der Waals surface area contributed by atoms with Gasteiger partial charge in [0.2, 0.25) is 0 Å². The third-order valence-corrected chi connectivity index (χ3v) is 3.85. The topological polar surface area (TPSA) is 53.5 Å². The van der Waals surface area contributed by atoms with Gasteiger partial charge in [-0.05, 0) is 23.6 Å². The zero-order valence-corrected chi connectivity index (χ0v) is 12.1. The Kier molecular flexibility index (Phi) is 3.22. The molecular formula is C17H17N3O. The highest BCUT2D eigenvalue weighted by Crippen LogP contribution is 2.27. The molecule has 0 aliphatic carbocycles. The van der Waals surface area contributed by atoms with E-state index in [9.17, 15) is 4.79 Å². The smallest absolute Gasteiger partial charge is 0.256 e. The second-order valence-corrected chi connectivity index (χ2v) is 5.22. The van der Waals surface area contributed by atoms with Crippen molar-refractivity contribution in [3.63, 3.8) is 0 Å². The van der Waals surface area contributed by atoms with Crippen LogP contribution in [0.15, 0.2) is 59.6 Å². The van der Waals surface area contributed by atoms with E-state index in [4.69, 9.17) is 0 Å². The van der Waals surface area contributed by atoms with Crippen molar-refractivity contribution in [2.75, 3.05) is 7.05 Å².